The summed E-state index contributed by atoms with van der Waals surface area (Å²) >= 11 is 0. The molecule has 1 rings (SSSR count). The van der Waals surface area contributed by atoms with Crippen LogP contribution in [0.5, 0.6) is 0 Å². The molecule has 0 radical (unpaired) electrons. The van der Waals surface area contributed by atoms with Gasteiger partial charge >= 0.3 is 6.03 Å². The Labute approximate surface area is 121 Å². The Kier molecular flexibility index (Phi) is 6.87. The summed E-state index contributed by atoms with van der Waals surface area (Å²) in [6, 6.07) is 7.50. The molecule has 1 atom stereocenters. The highest BCUT2D eigenvalue weighted by atomic mass is 16.3. The zero-order valence-corrected chi connectivity index (χ0v) is 12.5. The molecule has 0 bridgehead atoms. The van der Waals surface area contributed by atoms with Gasteiger partial charge in [-0.25, -0.2) is 4.79 Å². The molecule has 20 heavy (non-hydrogen) atoms. The van der Waals surface area contributed by atoms with Gasteiger partial charge in [-0.05, 0) is 31.4 Å². The second kappa shape index (κ2) is 8.43. The Morgan fingerprint density at radius 3 is 2.75 bits per heavy atom. The summed E-state index contributed by atoms with van der Waals surface area (Å²) in [6.07, 6.45) is 0.690. The summed E-state index contributed by atoms with van der Waals surface area (Å²) in [6.45, 7) is 5.63. The van der Waals surface area contributed by atoms with Crippen molar-refractivity contribution in [1.29, 1.82) is 0 Å². The smallest absolute Gasteiger partial charge is 0.319 e. The third kappa shape index (κ3) is 5.09. The molecule has 0 spiro atoms. The van der Waals surface area contributed by atoms with Crippen LogP contribution < -0.4 is 15.5 Å². The van der Waals surface area contributed by atoms with E-state index >= 15 is 0 Å². The summed E-state index contributed by atoms with van der Waals surface area (Å²) in [4.78, 5) is 14.0. The van der Waals surface area contributed by atoms with Crippen LogP contribution in [0, 0.1) is 5.92 Å². The summed E-state index contributed by atoms with van der Waals surface area (Å²) < 4.78 is 0. The summed E-state index contributed by atoms with van der Waals surface area (Å²) in [7, 11) is 1.99. The zero-order valence-electron chi connectivity index (χ0n) is 12.5. The number of hydrogen-bond donors (Lipinski definition) is 3. The van der Waals surface area contributed by atoms with Crippen molar-refractivity contribution in [3.63, 3.8) is 0 Å². The third-order valence-corrected chi connectivity index (χ3v) is 3.27. The van der Waals surface area contributed by atoms with Crippen LogP contribution in [0.1, 0.15) is 20.3 Å². The first-order valence-electron chi connectivity index (χ1n) is 7.04. The lowest BCUT2D eigenvalue weighted by molar-refractivity contribution is 0.243. The minimum atomic E-state index is -0.216. The first kappa shape index (κ1) is 16.3. The molecule has 0 saturated heterocycles. The lowest BCUT2D eigenvalue weighted by Crippen LogP contribution is -2.33. The highest BCUT2D eigenvalue weighted by Crippen LogP contribution is 2.24. The molecule has 3 N–H and O–H groups in total. The Hall–Kier alpha value is -1.75. The maximum Gasteiger partial charge on any atom is 0.319 e. The van der Waals surface area contributed by atoms with Gasteiger partial charge in [-0.3, -0.25) is 0 Å². The molecule has 5 nitrogen and oxygen atoms in total. The molecule has 0 aliphatic rings. The van der Waals surface area contributed by atoms with E-state index < -0.39 is 0 Å². The van der Waals surface area contributed by atoms with Crippen molar-refractivity contribution in [2.75, 3.05) is 37.0 Å². The number of aliphatic hydroxyl groups excluding tert-OH is 1. The minimum Gasteiger partial charge on any atom is -0.396 e. The number of rotatable bonds is 7. The summed E-state index contributed by atoms with van der Waals surface area (Å²) in [5, 5.41) is 14.5. The fourth-order valence-electron chi connectivity index (χ4n) is 1.84. The molecule has 0 fully saturated rings. The van der Waals surface area contributed by atoms with Crippen molar-refractivity contribution in [3.8, 4) is 0 Å². The normalized spacial score (nSPS) is 11.8. The Balaban J connectivity index is 2.57. The van der Waals surface area contributed by atoms with E-state index in [1.165, 1.54) is 0 Å². The molecule has 5 heteroatoms. The number of benzene rings is 1. The van der Waals surface area contributed by atoms with Gasteiger partial charge in [0.05, 0.1) is 11.4 Å². The number of carbonyl (C=O) groups is 1. The number of nitrogens with one attached hydrogen (secondary N) is 2. The number of hydrogen-bond acceptors (Lipinski definition) is 3. The monoisotopic (exact) mass is 279 g/mol. The number of para-hydroxylation sites is 2. The molecule has 0 heterocycles. The maximum atomic E-state index is 11.9. The van der Waals surface area contributed by atoms with Gasteiger partial charge in [0.25, 0.3) is 0 Å². The lowest BCUT2D eigenvalue weighted by Gasteiger charge is -2.21. The second-order valence-corrected chi connectivity index (χ2v) is 4.98. The highest BCUT2D eigenvalue weighted by molar-refractivity contribution is 5.93. The first-order valence-corrected chi connectivity index (χ1v) is 7.04. The number of anilines is 2. The van der Waals surface area contributed by atoms with Crippen molar-refractivity contribution in [3.05, 3.63) is 24.3 Å². The third-order valence-electron chi connectivity index (χ3n) is 3.27. The molecule has 1 unspecified atom stereocenters. The first-order chi connectivity index (χ1) is 9.58. The number of amides is 2. The SMILES string of the molecule is CCN(C)c1ccccc1NC(=O)NCC(C)CCO. The number of nitrogens with zero attached hydrogens (tertiary/aromatic N) is 1. The molecule has 0 saturated carbocycles. The Bertz CT molecular complexity index is 423. The lowest BCUT2D eigenvalue weighted by atomic mass is 10.1. The van der Waals surface area contributed by atoms with E-state index in [0.717, 1.165) is 17.9 Å². The van der Waals surface area contributed by atoms with Crippen molar-refractivity contribution in [2.45, 2.75) is 20.3 Å². The van der Waals surface area contributed by atoms with E-state index in [0.29, 0.717) is 13.0 Å². The molecular weight excluding hydrogens is 254 g/mol. The quantitative estimate of drug-likeness (QED) is 0.717. The van der Waals surface area contributed by atoms with E-state index in [1.54, 1.807) is 0 Å². The van der Waals surface area contributed by atoms with Gasteiger partial charge in [0.15, 0.2) is 0 Å². The van der Waals surface area contributed by atoms with Crippen molar-refractivity contribution in [2.24, 2.45) is 5.92 Å². The molecule has 0 aromatic heterocycles. The topological polar surface area (TPSA) is 64.6 Å². The van der Waals surface area contributed by atoms with E-state index in [4.69, 9.17) is 5.11 Å². The van der Waals surface area contributed by atoms with Gasteiger partial charge in [-0.15, -0.1) is 0 Å². The second-order valence-electron chi connectivity index (χ2n) is 4.98. The van der Waals surface area contributed by atoms with Crippen LogP contribution >= 0.6 is 0 Å². The minimum absolute atomic E-state index is 0.147. The van der Waals surface area contributed by atoms with E-state index in [2.05, 4.69) is 22.5 Å². The summed E-state index contributed by atoms with van der Waals surface area (Å²) in [5.41, 5.74) is 1.79. The number of carbonyl (C=O) groups excluding carboxylic acids is 1. The number of urea groups is 1. The molecule has 112 valence electrons. The van der Waals surface area contributed by atoms with Gasteiger partial charge < -0.3 is 20.6 Å². The van der Waals surface area contributed by atoms with Crippen LogP contribution in [0.2, 0.25) is 0 Å². The van der Waals surface area contributed by atoms with E-state index in [9.17, 15) is 4.79 Å². The van der Waals surface area contributed by atoms with Crippen LogP contribution in [0.25, 0.3) is 0 Å². The van der Waals surface area contributed by atoms with Crippen LogP contribution in [0.3, 0.4) is 0 Å². The standard InChI is InChI=1S/C15H25N3O2/c1-4-18(3)14-8-6-5-7-13(14)17-15(20)16-11-12(2)9-10-19/h5-8,12,19H,4,9-11H2,1-3H3,(H2,16,17,20). The van der Waals surface area contributed by atoms with Crippen LogP contribution in [-0.4, -0.2) is 37.9 Å². The summed E-state index contributed by atoms with van der Waals surface area (Å²) in [5.74, 6) is 0.263. The Morgan fingerprint density at radius 2 is 2.10 bits per heavy atom. The average molecular weight is 279 g/mol. The van der Waals surface area contributed by atoms with Crippen molar-refractivity contribution >= 4 is 17.4 Å². The maximum absolute atomic E-state index is 11.9. The van der Waals surface area contributed by atoms with E-state index in [1.807, 2.05) is 38.2 Å². The zero-order chi connectivity index (χ0) is 15.0. The molecule has 0 aliphatic carbocycles. The largest absolute Gasteiger partial charge is 0.396 e. The van der Waals surface area contributed by atoms with Gasteiger partial charge in [-0.1, -0.05) is 19.1 Å². The van der Waals surface area contributed by atoms with Crippen LogP contribution in [0.4, 0.5) is 16.2 Å². The van der Waals surface area contributed by atoms with Crippen molar-refractivity contribution < 1.29 is 9.90 Å². The Morgan fingerprint density at radius 1 is 1.40 bits per heavy atom. The molecular formula is C15H25N3O2. The fourth-order valence-corrected chi connectivity index (χ4v) is 1.84. The van der Waals surface area contributed by atoms with Gasteiger partial charge in [-0.2, -0.15) is 0 Å². The molecule has 1 aromatic rings. The van der Waals surface area contributed by atoms with Crippen LogP contribution in [-0.2, 0) is 0 Å². The average Bonchev–Trinajstić information content (AvgIpc) is 2.45. The fraction of sp³-hybridized carbons (Fsp3) is 0.533. The predicted molar refractivity (Wildman–Crippen MR) is 83.3 cm³/mol. The predicted octanol–water partition coefficient (Wildman–Crippen LogP) is 2.28. The van der Waals surface area contributed by atoms with Crippen LogP contribution in [0.15, 0.2) is 24.3 Å². The molecule has 2 amide bonds. The highest BCUT2D eigenvalue weighted by Gasteiger charge is 2.09. The molecule has 0 aliphatic heterocycles. The van der Waals surface area contributed by atoms with Gasteiger partial charge in [0.1, 0.15) is 0 Å². The molecule has 1 aromatic carbocycles. The number of aliphatic hydroxyl groups is 1. The van der Waals surface area contributed by atoms with Crippen molar-refractivity contribution in [1.82, 2.24) is 5.32 Å². The van der Waals surface area contributed by atoms with Gasteiger partial charge in [0, 0.05) is 26.7 Å². The van der Waals surface area contributed by atoms with E-state index in [-0.39, 0.29) is 18.6 Å². The van der Waals surface area contributed by atoms with Gasteiger partial charge in [0.2, 0.25) is 0 Å².